The Bertz CT molecular complexity index is 417. The van der Waals surface area contributed by atoms with Gasteiger partial charge >= 0.3 is 0 Å². The molecule has 1 aliphatic heterocycles. The van der Waals surface area contributed by atoms with Crippen LogP contribution in [-0.2, 0) is 4.74 Å². The second-order valence-corrected chi connectivity index (χ2v) is 5.93. The lowest BCUT2D eigenvalue weighted by molar-refractivity contribution is -0.0640. The van der Waals surface area contributed by atoms with E-state index in [4.69, 9.17) is 9.47 Å². The highest BCUT2D eigenvalue weighted by Crippen LogP contribution is 2.28. The Hall–Kier alpha value is -1.06. The maximum atomic E-state index is 5.76. The number of benzene rings is 1. The van der Waals surface area contributed by atoms with Gasteiger partial charge in [-0.25, -0.2) is 0 Å². The number of rotatable bonds is 4. The van der Waals surface area contributed by atoms with Crippen molar-refractivity contribution < 1.29 is 9.47 Å². The molecular formula is C16H25NO2. The average molecular weight is 263 g/mol. The van der Waals surface area contributed by atoms with Crippen molar-refractivity contribution in [1.29, 1.82) is 0 Å². The molecule has 106 valence electrons. The van der Waals surface area contributed by atoms with Crippen molar-refractivity contribution in [3.63, 3.8) is 0 Å². The van der Waals surface area contributed by atoms with E-state index in [0.717, 1.165) is 25.2 Å². The topological polar surface area (TPSA) is 30.5 Å². The highest BCUT2D eigenvalue weighted by Gasteiger charge is 2.29. The van der Waals surface area contributed by atoms with Crippen LogP contribution in [0.2, 0.25) is 0 Å². The molecule has 19 heavy (non-hydrogen) atoms. The van der Waals surface area contributed by atoms with Crippen LogP contribution in [0.25, 0.3) is 0 Å². The molecule has 0 aliphatic carbocycles. The van der Waals surface area contributed by atoms with Crippen LogP contribution in [0.5, 0.6) is 5.75 Å². The van der Waals surface area contributed by atoms with E-state index in [0.29, 0.717) is 6.04 Å². The first-order chi connectivity index (χ1) is 9.02. The third-order valence-electron chi connectivity index (χ3n) is 3.79. The van der Waals surface area contributed by atoms with Crippen LogP contribution in [0.3, 0.4) is 0 Å². The first-order valence-corrected chi connectivity index (χ1v) is 7.05. The van der Waals surface area contributed by atoms with Gasteiger partial charge in [0.05, 0.1) is 12.7 Å². The van der Waals surface area contributed by atoms with Crippen LogP contribution < -0.4 is 10.1 Å². The third-order valence-corrected chi connectivity index (χ3v) is 3.79. The molecule has 1 unspecified atom stereocenters. The zero-order valence-electron chi connectivity index (χ0n) is 12.4. The maximum Gasteiger partial charge on any atom is 0.123 e. The summed E-state index contributed by atoms with van der Waals surface area (Å²) in [6.07, 6.45) is 2.12. The van der Waals surface area contributed by atoms with Gasteiger partial charge in [0.2, 0.25) is 0 Å². The van der Waals surface area contributed by atoms with Crippen molar-refractivity contribution in [3.05, 3.63) is 29.8 Å². The normalized spacial score (nSPS) is 23.9. The number of nitrogens with one attached hydrogen (secondary N) is 1. The molecule has 0 aromatic heterocycles. The standard InChI is InChI=1S/C16H25NO2/c1-12(14-7-5-6-8-15(14)18-4)17-13-9-10-19-16(2,3)11-13/h5-8,12-13,17H,9-11H2,1-4H3/t12-,13?/m0/s1. The van der Waals surface area contributed by atoms with Crippen LogP contribution in [0.15, 0.2) is 24.3 Å². The van der Waals surface area contributed by atoms with Crippen LogP contribution in [0.1, 0.15) is 45.2 Å². The lowest BCUT2D eigenvalue weighted by atomic mass is 9.93. The number of ether oxygens (including phenoxy) is 2. The minimum Gasteiger partial charge on any atom is -0.496 e. The van der Waals surface area contributed by atoms with Crippen LogP contribution >= 0.6 is 0 Å². The zero-order chi connectivity index (χ0) is 13.9. The molecule has 2 rings (SSSR count). The van der Waals surface area contributed by atoms with Gasteiger partial charge < -0.3 is 14.8 Å². The minimum absolute atomic E-state index is 0.0174. The summed E-state index contributed by atoms with van der Waals surface area (Å²) in [5, 5.41) is 3.71. The molecule has 1 saturated heterocycles. The van der Waals surface area contributed by atoms with Gasteiger partial charge in [-0.15, -0.1) is 0 Å². The molecule has 0 amide bonds. The highest BCUT2D eigenvalue weighted by molar-refractivity contribution is 5.35. The summed E-state index contributed by atoms with van der Waals surface area (Å²) in [6.45, 7) is 7.35. The Morgan fingerprint density at radius 2 is 2.11 bits per heavy atom. The SMILES string of the molecule is COc1ccccc1[C@H](C)NC1CCOC(C)(C)C1. The first kappa shape index (κ1) is 14.4. The van der Waals surface area contributed by atoms with Crippen LogP contribution in [0, 0.1) is 0 Å². The molecule has 1 N–H and O–H groups in total. The van der Waals surface area contributed by atoms with Crippen LogP contribution in [0.4, 0.5) is 0 Å². The van der Waals surface area contributed by atoms with Gasteiger partial charge in [0.25, 0.3) is 0 Å². The van der Waals surface area contributed by atoms with Gasteiger partial charge in [-0.05, 0) is 39.7 Å². The molecule has 0 saturated carbocycles. The number of hydrogen-bond donors (Lipinski definition) is 1. The summed E-state index contributed by atoms with van der Waals surface area (Å²) in [7, 11) is 1.73. The Balaban J connectivity index is 2.02. The molecule has 3 heteroatoms. The van der Waals surface area contributed by atoms with Crippen molar-refractivity contribution in [2.45, 2.75) is 51.3 Å². The molecule has 1 aromatic rings. The molecule has 1 aliphatic rings. The zero-order valence-corrected chi connectivity index (χ0v) is 12.4. The van der Waals surface area contributed by atoms with E-state index >= 15 is 0 Å². The van der Waals surface area contributed by atoms with Gasteiger partial charge in [0.15, 0.2) is 0 Å². The van der Waals surface area contributed by atoms with E-state index in [-0.39, 0.29) is 11.6 Å². The fourth-order valence-electron chi connectivity index (χ4n) is 2.84. The Kier molecular flexibility index (Phi) is 4.48. The summed E-state index contributed by atoms with van der Waals surface area (Å²) in [5.41, 5.74) is 1.20. The van der Waals surface area contributed by atoms with E-state index < -0.39 is 0 Å². The molecule has 2 atom stereocenters. The fourth-order valence-corrected chi connectivity index (χ4v) is 2.84. The number of para-hydroxylation sites is 1. The number of hydrogen-bond acceptors (Lipinski definition) is 3. The van der Waals surface area contributed by atoms with E-state index in [1.54, 1.807) is 7.11 Å². The molecule has 1 aromatic carbocycles. The smallest absolute Gasteiger partial charge is 0.123 e. The predicted molar refractivity (Wildman–Crippen MR) is 77.6 cm³/mol. The van der Waals surface area contributed by atoms with E-state index in [1.165, 1.54) is 5.56 Å². The van der Waals surface area contributed by atoms with Gasteiger partial charge in [-0.1, -0.05) is 18.2 Å². The first-order valence-electron chi connectivity index (χ1n) is 7.05. The molecule has 0 radical (unpaired) electrons. The highest BCUT2D eigenvalue weighted by atomic mass is 16.5. The summed E-state index contributed by atoms with van der Waals surface area (Å²) >= 11 is 0. The summed E-state index contributed by atoms with van der Waals surface area (Å²) in [6, 6.07) is 9.00. The molecule has 1 heterocycles. The average Bonchev–Trinajstić information content (AvgIpc) is 2.37. The molecular weight excluding hydrogens is 238 g/mol. The Morgan fingerprint density at radius 3 is 2.79 bits per heavy atom. The van der Waals surface area contributed by atoms with E-state index in [2.05, 4.69) is 38.2 Å². The van der Waals surface area contributed by atoms with E-state index in [1.807, 2.05) is 12.1 Å². The summed E-state index contributed by atoms with van der Waals surface area (Å²) in [4.78, 5) is 0. The summed E-state index contributed by atoms with van der Waals surface area (Å²) < 4.78 is 11.2. The summed E-state index contributed by atoms with van der Waals surface area (Å²) in [5.74, 6) is 0.953. The van der Waals surface area contributed by atoms with Gasteiger partial charge in [-0.3, -0.25) is 0 Å². The predicted octanol–water partition coefficient (Wildman–Crippen LogP) is 3.30. The van der Waals surface area contributed by atoms with E-state index in [9.17, 15) is 0 Å². The molecule has 1 fully saturated rings. The van der Waals surface area contributed by atoms with Crippen LogP contribution in [-0.4, -0.2) is 25.4 Å². The van der Waals surface area contributed by atoms with Crippen molar-refractivity contribution >= 4 is 0 Å². The van der Waals surface area contributed by atoms with Gasteiger partial charge in [-0.2, -0.15) is 0 Å². The third kappa shape index (κ3) is 3.71. The lowest BCUT2D eigenvalue weighted by Gasteiger charge is -2.37. The molecule has 0 spiro atoms. The molecule has 3 nitrogen and oxygen atoms in total. The molecule has 0 bridgehead atoms. The van der Waals surface area contributed by atoms with Gasteiger partial charge in [0.1, 0.15) is 5.75 Å². The maximum absolute atomic E-state index is 5.76. The van der Waals surface area contributed by atoms with Gasteiger partial charge in [0, 0.05) is 24.3 Å². The second kappa shape index (κ2) is 5.93. The van der Waals surface area contributed by atoms with Crippen molar-refractivity contribution in [2.24, 2.45) is 0 Å². The van der Waals surface area contributed by atoms with Crippen molar-refractivity contribution in [2.75, 3.05) is 13.7 Å². The minimum atomic E-state index is -0.0174. The lowest BCUT2D eigenvalue weighted by Crippen LogP contribution is -2.44. The largest absolute Gasteiger partial charge is 0.496 e. The quantitative estimate of drug-likeness (QED) is 0.904. The van der Waals surface area contributed by atoms with Crippen molar-refractivity contribution in [3.8, 4) is 5.75 Å². The Morgan fingerprint density at radius 1 is 1.37 bits per heavy atom. The Labute approximate surface area is 116 Å². The van der Waals surface area contributed by atoms with Crippen molar-refractivity contribution in [1.82, 2.24) is 5.32 Å². The fraction of sp³-hybridized carbons (Fsp3) is 0.625. The monoisotopic (exact) mass is 263 g/mol. The number of methoxy groups -OCH3 is 1. The second-order valence-electron chi connectivity index (χ2n) is 5.93.